The highest BCUT2D eigenvalue weighted by Crippen LogP contribution is 2.30. The van der Waals surface area contributed by atoms with Crippen molar-refractivity contribution in [1.29, 1.82) is 0 Å². The molecule has 1 heterocycles. The molecule has 0 amide bonds. The van der Waals surface area contributed by atoms with Gasteiger partial charge in [-0.25, -0.2) is 0 Å². The van der Waals surface area contributed by atoms with E-state index in [4.69, 9.17) is 4.74 Å². The highest BCUT2D eigenvalue weighted by atomic mass is 35.5. The van der Waals surface area contributed by atoms with E-state index >= 15 is 0 Å². The fourth-order valence-corrected chi connectivity index (χ4v) is 3.70. The molecule has 174 valence electrons. The number of aliphatic hydroxyl groups excluding tert-OH is 1. The minimum Gasteiger partial charge on any atom is -0.496 e. The maximum Gasteiger partial charge on any atom is 0.573 e. The van der Waals surface area contributed by atoms with E-state index in [9.17, 15) is 18.3 Å². The lowest BCUT2D eigenvalue weighted by Gasteiger charge is -2.37. The van der Waals surface area contributed by atoms with Crippen LogP contribution in [0.2, 0.25) is 0 Å². The molecule has 0 aromatic heterocycles. The second-order valence-electron chi connectivity index (χ2n) is 7.09. The van der Waals surface area contributed by atoms with E-state index in [0.717, 1.165) is 12.0 Å². The van der Waals surface area contributed by atoms with Gasteiger partial charge >= 0.3 is 6.36 Å². The van der Waals surface area contributed by atoms with E-state index in [0.29, 0.717) is 24.4 Å². The van der Waals surface area contributed by atoms with Crippen LogP contribution in [0.25, 0.3) is 0 Å². The molecule has 5 nitrogen and oxygen atoms in total. The highest BCUT2D eigenvalue weighted by Gasteiger charge is 2.32. The van der Waals surface area contributed by atoms with Gasteiger partial charge in [0.15, 0.2) is 0 Å². The highest BCUT2D eigenvalue weighted by molar-refractivity contribution is 5.85. The summed E-state index contributed by atoms with van der Waals surface area (Å²) >= 11 is 0. The van der Waals surface area contributed by atoms with Crippen molar-refractivity contribution < 1.29 is 27.8 Å². The molecule has 1 saturated heterocycles. The molecule has 0 bridgehead atoms. The topological polar surface area (TPSA) is 62.8 Å². The molecule has 0 spiro atoms. The maximum atomic E-state index is 12.6. The zero-order chi connectivity index (χ0) is 20.9. The number of rotatable bonds is 7. The summed E-state index contributed by atoms with van der Waals surface area (Å²) in [6.07, 6.45) is -4.01. The number of ether oxygens (including phenoxy) is 2. The van der Waals surface area contributed by atoms with Gasteiger partial charge in [-0.15, -0.1) is 38.0 Å². The van der Waals surface area contributed by atoms with E-state index in [-0.39, 0.29) is 55.2 Å². The SMILES string of the molecule is COc1ccc(OC(F)(F)F)cc1CN[C@H]1C[C@H](CO)CN[C@H]1c1ccccc1.Cl.Cl. The van der Waals surface area contributed by atoms with Crippen LogP contribution in [0, 0.1) is 5.92 Å². The standard InChI is InChI=1S/C21H25F3N2O3.2ClH/c1-28-19-8-7-17(29-21(22,23)24)10-16(19)12-25-18-9-14(13-27)11-26-20(18)15-5-3-2-4-6-15;;/h2-8,10,14,18,20,25-27H,9,11-13H2,1H3;2*1H/t14-,18-,20-;;/m0../s1. The van der Waals surface area contributed by atoms with Crippen LogP contribution in [0.3, 0.4) is 0 Å². The van der Waals surface area contributed by atoms with Crippen LogP contribution in [0.1, 0.15) is 23.6 Å². The monoisotopic (exact) mass is 482 g/mol. The molecule has 1 aliphatic heterocycles. The molecule has 0 saturated carbocycles. The lowest BCUT2D eigenvalue weighted by Crippen LogP contribution is -2.49. The molecular weight excluding hydrogens is 456 g/mol. The summed E-state index contributed by atoms with van der Waals surface area (Å²) in [4.78, 5) is 0. The third-order valence-corrected chi connectivity index (χ3v) is 5.07. The summed E-state index contributed by atoms with van der Waals surface area (Å²) in [5, 5.41) is 16.5. The number of nitrogens with one attached hydrogen (secondary N) is 2. The molecule has 0 unspecified atom stereocenters. The lowest BCUT2D eigenvalue weighted by atomic mass is 9.86. The molecular formula is C21H27Cl2F3N2O3. The van der Waals surface area contributed by atoms with Crippen molar-refractivity contribution in [3.63, 3.8) is 0 Å². The molecule has 3 N–H and O–H groups in total. The summed E-state index contributed by atoms with van der Waals surface area (Å²) < 4.78 is 47.0. The molecule has 3 rings (SSSR count). The quantitative estimate of drug-likeness (QED) is 0.550. The van der Waals surface area contributed by atoms with E-state index in [1.165, 1.54) is 25.3 Å². The number of alkyl halides is 3. The third kappa shape index (κ3) is 7.73. The molecule has 1 fully saturated rings. The number of halogens is 5. The Morgan fingerprint density at radius 3 is 2.45 bits per heavy atom. The van der Waals surface area contributed by atoms with Crippen molar-refractivity contribution in [2.75, 3.05) is 20.3 Å². The molecule has 1 aliphatic rings. The van der Waals surface area contributed by atoms with Crippen LogP contribution in [-0.4, -0.2) is 37.8 Å². The molecule has 2 aromatic rings. The van der Waals surface area contributed by atoms with E-state index in [1.807, 2.05) is 30.3 Å². The average Bonchev–Trinajstić information content (AvgIpc) is 2.71. The maximum absolute atomic E-state index is 12.6. The normalized spacial score (nSPS) is 20.9. The number of methoxy groups -OCH3 is 1. The lowest BCUT2D eigenvalue weighted by molar-refractivity contribution is -0.274. The fraction of sp³-hybridized carbons (Fsp3) is 0.429. The van der Waals surface area contributed by atoms with Crippen LogP contribution >= 0.6 is 24.8 Å². The van der Waals surface area contributed by atoms with Gasteiger partial charge in [0.25, 0.3) is 0 Å². The summed E-state index contributed by atoms with van der Waals surface area (Å²) in [6, 6.07) is 14.0. The van der Waals surface area contributed by atoms with Crippen LogP contribution in [-0.2, 0) is 6.54 Å². The fourth-order valence-electron chi connectivity index (χ4n) is 3.70. The van der Waals surface area contributed by atoms with Crippen molar-refractivity contribution in [1.82, 2.24) is 10.6 Å². The predicted molar refractivity (Wildman–Crippen MR) is 117 cm³/mol. The van der Waals surface area contributed by atoms with Gasteiger partial charge in [-0.2, -0.15) is 0 Å². The van der Waals surface area contributed by atoms with Gasteiger partial charge in [-0.3, -0.25) is 0 Å². The first kappa shape index (κ1) is 27.3. The van der Waals surface area contributed by atoms with Crippen LogP contribution in [0.15, 0.2) is 48.5 Å². The Morgan fingerprint density at radius 2 is 1.84 bits per heavy atom. The summed E-state index contributed by atoms with van der Waals surface area (Å²) in [6.45, 7) is 1.07. The molecule has 31 heavy (non-hydrogen) atoms. The zero-order valence-electron chi connectivity index (χ0n) is 16.9. The average molecular weight is 483 g/mol. The van der Waals surface area contributed by atoms with Crippen LogP contribution < -0.4 is 20.1 Å². The number of hydrogen-bond acceptors (Lipinski definition) is 5. The van der Waals surface area contributed by atoms with Gasteiger partial charge in [0.2, 0.25) is 0 Å². The Bertz CT molecular complexity index is 797. The number of hydrogen-bond donors (Lipinski definition) is 3. The number of benzene rings is 2. The zero-order valence-corrected chi connectivity index (χ0v) is 18.5. The van der Waals surface area contributed by atoms with Gasteiger partial charge in [-0.1, -0.05) is 30.3 Å². The van der Waals surface area contributed by atoms with Crippen molar-refractivity contribution in [2.24, 2.45) is 5.92 Å². The minimum absolute atomic E-state index is 0. The van der Waals surface area contributed by atoms with Crippen LogP contribution in [0.5, 0.6) is 11.5 Å². The van der Waals surface area contributed by atoms with E-state index in [2.05, 4.69) is 15.4 Å². The predicted octanol–water partition coefficient (Wildman–Crippen LogP) is 4.24. The second-order valence-corrected chi connectivity index (χ2v) is 7.09. The Hall–Kier alpha value is -1.71. The van der Waals surface area contributed by atoms with Crippen LogP contribution in [0.4, 0.5) is 13.2 Å². The molecule has 2 aromatic carbocycles. The van der Waals surface area contributed by atoms with Gasteiger partial charge < -0.3 is 25.2 Å². The first-order valence-electron chi connectivity index (χ1n) is 9.45. The number of aliphatic hydroxyl groups is 1. The summed E-state index contributed by atoms with van der Waals surface area (Å²) in [5.74, 6) is 0.296. The van der Waals surface area contributed by atoms with Gasteiger partial charge in [-0.05, 0) is 36.1 Å². The van der Waals surface area contributed by atoms with Crippen molar-refractivity contribution >= 4 is 24.8 Å². The van der Waals surface area contributed by atoms with Crippen molar-refractivity contribution in [3.05, 3.63) is 59.7 Å². The number of piperidine rings is 1. The largest absolute Gasteiger partial charge is 0.573 e. The van der Waals surface area contributed by atoms with Gasteiger partial charge in [0, 0.05) is 37.3 Å². The van der Waals surface area contributed by atoms with E-state index < -0.39 is 6.36 Å². The van der Waals surface area contributed by atoms with Crippen molar-refractivity contribution in [2.45, 2.75) is 31.4 Å². The van der Waals surface area contributed by atoms with Crippen molar-refractivity contribution in [3.8, 4) is 11.5 Å². The smallest absolute Gasteiger partial charge is 0.496 e. The third-order valence-electron chi connectivity index (χ3n) is 5.07. The molecule has 0 aliphatic carbocycles. The van der Waals surface area contributed by atoms with Gasteiger partial charge in [0.05, 0.1) is 7.11 Å². The molecule has 0 radical (unpaired) electrons. The Balaban J connectivity index is 0.00000240. The first-order chi connectivity index (χ1) is 13.9. The van der Waals surface area contributed by atoms with E-state index in [1.54, 1.807) is 0 Å². The molecule has 10 heteroatoms. The Morgan fingerprint density at radius 1 is 1.13 bits per heavy atom. The first-order valence-corrected chi connectivity index (χ1v) is 9.45. The Kier molecular flexibility index (Phi) is 10.9. The second kappa shape index (κ2) is 12.4. The Labute approximate surface area is 192 Å². The summed E-state index contributed by atoms with van der Waals surface area (Å²) in [5.41, 5.74) is 1.68. The minimum atomic E-state index is -4.75. The van der Waals surface area contributed by atoms with Gasteiger partial charge in [0.1, 0.15) is 11.5 Å². The molecule has 3 atom stereocenters. The summed E-state index contributed by atoms with van der Waals surface area (Å²) in [7, 11) is 1.47.